The molecular formula is C17H17NO5. The number of nitrogens with one attached hydrogen (secondary N) is 1. The first-order chi connectivity index (χ1) is 11.0. The highest BCUT2D eigenvalue weighted by Crippen LogP contribution is 2.46. The lowest BCUT2D eigenvalue weighted by Gasteiger charge is -2.24. The summed E-state index contributed by atoms with van der Waals surface area (Å²) in [6.07, 6.45) is 0. The van der Waals surface area contributed by atoms with Crippen molar-refractivity contribution >= 4 is 11.6 Å². The minimum absolute atomic E-state index is 0.0456. The summed E-state index contributed by atoms with van der Waals surface area (Å²) >= 11 is 0. The number of carbonyl (C=O) groups excluding carboxylic acids is 1. The maximum absolute atomic E-state index is 12.4. The molecule has 0 bridgehead atoms. The SMILES string of the molecule is CCOc1cc(C2(O)C(=O)Nc3ccccc32)c(O)cc1OC. The van der Waals surface area contributed by atoms with Crippen molar-refractivity contribution in [2.45, 2.75) is 12.5 Å². The highest BCUT2D eigenvalue weighted by atomic mass is 16.5. The molecule has 6 heteroatoms. The Hall–Kier alpha value is -2.73. The molecule has 0 spiro atoms. The number of carbonyl (C=O) groups is 1. The molecule has 0 aliphatic carbocycles. The van der Waals surface area contributed by atoms with Crippen LogP contribution in [0.4, 0.5) is 5.69 Å². The first-order valence-corrected chi connectivity index (χ1v) is 7.20. The van der Waals surface area contributed by atoms with E-state index in [-0.39, 0.29) is 11.3 Å². The number of hydrogen-bond acceptors (Lipinski definition) is 5. The quantitative estimate of drug-likeness (QED) is 0.803. The number of amides is 1. The first kappa shape index (κ1) is 15.2. The summed E-state index contributed by atoms with van der Waals surface area (Å²) in [6, 6.07) is 9.55. The monoisotopic (exact) mass is 315 g/mol. The third kappa shape index (κ3) is 2.19. The summed E-state index contributed by atoms with van der Waals surface area (Å²) in [6.45, 7) is 2.18. The minimum atomic E-state index is -1.99. The number of hydrogen-bond donors (Lipinski definition) is 3. The van der Waals surface area contributed by atoms with Crippen molar-refractivity contribution in [3.63, 3.8) is 0 Å². The molecule has 120 valence electrons. The topological polar surface area (TPSA) is 88.0 Å². The van der Waals surface area contributed by atoms with Gasteiger partial charge in [-0.1, -0.05) is 18.2 Å². The number of phenolic OH excluding ortho intramolecular Hbond substituents is 1. The van der Waals surface area contributed by atoms with Crippen LogP contribution in [0.2, 0.25) is 0 Å². The van der Waals surface area contributed by atoms with Crippen LogP contribution in [0.15, 0.2) is 36.4 Å². The highest BCUT2D eigenvalue weighted by molar-refractivity contribution is 6.07. The maximum atomic E-state index is 12.4. The number of aliphatic hydroxyl groups is 1. The summed E-state index contributed by atoms with van der Waals surface area (Å²) in [7, 11) is 1.45. The molecule has 1 heterocycles. The minimum Gasteiger partial charge on any atom is -0.507 e. The molecule has 0 radical (unpaired) electrons. The first-order valence-electron chi connectivity index (χ1n) is 7.20. The van der Waals surface area contributed by atoms with Gasteiger partial charge in [-0.15, -0.1) is 0 Å². The molecule has 1 unspecified atom stereocenters. The van der Waals surface area contributed by atoms with Crippen molar-refractivity contribution < 1.29 is 24.5 Å². The Bertz CT molecular complexity index is 774. The smallest absolute Gasteiger partial charge is 0.266 e. The predicted octanol–water partition coefficient (Wildman–Crippen LogP) is 1.99. The van der Waals surface area contributed by atoms with E-state index in [9.17, 15) is 15.0 Å². The molecule has 1 aliphatic heterocycles. The van der Waals surface area contributed by atoms with Crippen LogP contribution in [0.1, 0.15) is 18.1 Å². The molecular weight excluding hydrogens is 298 g/mol. The summed E-state index contributed by atoms with van der Waals surface area (Å²) in [5, 5.41) is 24.0. The van der Waals surface area contributed by atoms with Crippen molar-refractivity contribution in [3.8, 4) is 17.2 Å². The summed E-state index contributed by atoms with van der Waals surface area (Å²) in [5.41, 5.74) is -1.05. The molecule has 1 atom stereocenters. The van der Waals surface area contributed by atoms with E-state index in [0.717, 1.165) is 0 Å². The maximum Gasteiger partial charge on any atom is 0.266 e. The van der Waals surface area contributed by atoms with Crippen LogP contribution < -0.4 is 14.8 Å². The predicted molar refractivity (Wildman–Crippen MR) is 83.9 cm³/mol. The van der Waals surface area contributed by atoms with Crippen LogP contribution in [-0.2, 0) is 10.4 Å². The van der Waals surface area contributed by atoms with Crippen molar-refractivity contribution in [1.82, 2.24) is 0 Å². The van der Waals surface area contributed by atoms with E-state index in [1.165, 1.54) is 19.2 Å². The van der Waals surface area contributed by atoms with E-state index in [1.54, 1.807) is 31.2 Å². The fourth-order valence-corrected chi connectivity index (χ4v) is 2.78. The van der Waals surface area contributed by atoms with Crippen molar-refractivity contribution in [1.29, 1.82) is 0 Å². The summed E-state index contributed by atoms with van der Waals surface area (Å²) in [5.74, 6) is -0.210. The lowest BCUT2D eigenvalue weighted by Crippen LogP contribution is -2.35. The van der Waals surface area contributed by atoms with Gasteiger partial charge < -0.3 is 25.0 Å². The van der Waals surface area contributed by atoms with Gasteiger partial charge in [0.1, 0.15) is 5.75 Å². The Kier molecular flexibility index (Phi) is 3.61. The average molecular weight is 315 g/mol. The van der Waals surface area contributed by atoms with E-state index in [0.29, 0.717) is 29.4 Å². The second kappa shape index (κ2) is 5.48. The number of aromatic hydroxyl groups is 1. The molecule has 1 amide bonds. The van der Waals surface area contributed by atoms with E-state index < -0.39 is 11.5 Å². The van der Waals surface area contributed by atoms with Crippen LogP contribution in [0.5, 0.6) is 17.2 Å². The zero-order valence-corrected chi connectivity index (χ0v) is 12.8. The van der Waals surface area contributed by atoms with Crippen LogP contribution >= 0.6 is 0 Å². The van der Waals surface area contributed by atoms with Gasteiger partial charge in [0.05, 0.1) is 13.7 Å². The number of fused-ring (bicyclic) bond motifs is 1. The van der Waals surface area contributed by atoms with Gasteiger partial charge in [0.15, 0.2) is 17.1 Å². The lowest BCUT2D eigenvalue weighted by molar-refractivity contribution is -0.129. The van der Waals surface area contributed by atoms with E-state index >= 15 is 0 Å². The largest absolute Gasteiger partial charge is 0.507 e. The number of benzene rings is 2. The molecule has 2 aromatic rings. The lowest BCUT2D eigenvalue weighted by atomic mass is 9.86. The normalized spacial score (nSPS) is 19.2. The van der Waals surface area contributed by atoms with Crippen LogP contribution in [0.3, 0.4) is 0 Å². The van der Waals surface area contributed by atoms with Gasteiger partial charge in [0, 0.05) is 22.9 Å². The van der Waals surface area contributed by atoms with Gasteiger partial charge in [0.2, 0.25) is 0 Å². The number of anilines is 1. The van der Waals surface area contributed by atoms with Gasteiger partial charge in [-0.25, -0.2) is 0 Å². The average Bonchev–Trinajstić information content (AvgIpc) is 2.81. The Morgan fingerprint density at radius 3 is 2.61 bits per heavy atom. The van der Waals surface area contributed by atoms with Gasteiger partial charge in [-0.05, 0) is 19.1 Å². The van der Waals surface area contributed by atoms with Gasteiger partial charge in [-0.2, -0.15) is 0 Å². The van der Waals surface area contributed by atoms with Gasteiger partial charge in [0.25, 0.3) is 5.91 Å². The number of phenols is 1. The molecule has 0 aromatic heterocycles. The second-order valence-corrected chi connectivity index (χ2v) is 5.16. The molecule has 23 heavy (non-hydrogen) atoms. The number of para-hydroxylation sites is 1. The Labute approximate surface area is 133 Å². The van der Waals surface area contributed by atoms with Crippen LogP contribution in [0.25, 0.3) is 0 Å². The Morgan fingerprint density at radius 2 is 1.91 bits per heavy atom. The molecule has 3 rings (SSSR count). The summed E-state index contributed by atoms with van der Waals surface area (Å²) in [4.78, 5) is 12.4. The molecule has 0 saturated heterocycles. The van der Waals surface area contributed by atoms with Crippen molar-refractivity contribution in [2.24, 2.45) is 0 Å². The third-order valence-electron chi connectivity index (χ3n) is 3.87. The van der Waals surface area contributed by atoms with E-state index in [1.807, 2.05) is 0 Å². The highest BCUT2D eigenvalue weighted by Gasteiger charge is 2.48. The van der Waals surface area contributed by atoms with Crippen LogP contribution in [0, 0.1) is 0 Å². The fraction of sp³-hybridized carbons (Fsp3) is 0.235. The standard InChI is InChI=1S/C17H17NO5/c1-3-23-15-8-11(13(19)9-14(15)22-2)17(21)10-6-4-5-7-12(10)18-16(17)20/h4-9,19,21H,3H2,1-2H3,(H,18,20). The third-order valence-corrected chi connectivity index (χ3v) is 3.87. The van der Waals surface area contributed by atoms with E-state index in [4.69, 9.17) is 9.47 Å². The second-order valence-electron chi connectivity index (χ2n) is 5.16. The molecule has 2 aromatic carbocycles. The summed E-state index contributed by atoms with van der Waals surface area (Å²) < 4.78 is 10.6. The number of methoxy groups -OCH3 is 1. The molecule has 1 aliphatic rings. The zero-order chi connectivity index (χ0) is 16.6. The number of ether oxygens (including phenoxy) is 2. The van der Waals surface area contributed by atoms with Crippen molar-refractivity contribution in [2.75, 3.05) is 19.0 Å². The number of rotatable bonds is 4. The molecule has 6 nitrogen and oxygen atoms in total. The fourth-order valence-electron chi connectivity index (χ4n) is 2.78. The van der Waals surface area contributed by atoms with Gasteiger partial charge >= 0.3 is 0 Å². The van der Waals surface area contributed by atoms with Crippen LogP contribution in [-0.4, -0.2) is 29.8 Å². The van der Waals surface area contributed by atoms with E-state index in [2.05, 4.69) is 5.32 Å². The van der Waals surface area contributed by atoms with Crippen molar-refractivity contribution in [3.05, 3.63) is 47.5 Å². The van der Waals surface area contributed by atoms with Gasteiger partial charge in [-0.3, -0.25) is 4.79 Å². The molecule has 0 fully saturated rings. The Balaban J connectivity index is 2.21. The molecule has 3 N–H and O–H groups in total. The zero-order valence-electron chi connectivity index (χ0n) is 12.8. The molecule has 0 saturated carbocycles. The Morgan fingerprint density at radius 1 is 1.17 bits per heavy atom.